The van der Waals surface area contributed by atoms with Crippen molar-refractivity contribution in [3.05, 3.63) is 59.7 Å². The van der Waals surface area contributed by atoms with Crippen molar-refractivity contribution < 1.29 is 13.2 Å². The molecule has 8 nitrogen and oxygen atoms in total. The molecule has 0 saturated carbocycles. The molecule has 32 heavy (non-hydrogen) atoms. The van der Waals surface area contributed by atoms with Gasteiger partial charge in [-0.3, -0.25) is 0 Å². The number of ether oxygens (including phenoxy) is 1. The van der Waals surface area contributed by atoms with E-state index in [1.807, 2.05) is 42.2 Å². The van der Waals surface area contributed by atoms with Crippen LogP contribution in [0.1, 0.15) is 11.1 Å². The van der Waals surface area contributed by atoms with Gasteiger partial charge in [0, 0.05) is 30.2 Å². The van der Waals surface area contributed by atoms with E-state index in [-0.39, 0.29) is 17.9 Å². The number of rotatable bonds is 4. The molecule has 3 N–H and O–H groups in total. The number of aromatic nitrogens is 1. The fourth-order valence-corrected chi connectivity index (χ4v) is 5.66. The third-order valence-electron chi connectivity index (χ3n) is 5.83. The molecule has 166 valence electrons. The lowest BCUT2D eigenvalue weighted by molar-refractivity contribution is 0.234. The minimum Gasteiger partial charge on any atom is -0.458 e. The Hall–Kier alpha value is -3.33. The number of nitrogens with zero attached hydrogens (tertiary/aromatic N) is 3. The molecule has 5 rings (SSSR count). The van der Waals surface area contributed by atoms with Crippen LogP contribution in [0.15, 0.2) is 58.4 Å². The van der Waals surface area contributed by atoms with Crippen molar-refractivity contribution in [3.8, 4) is 0 Å². The summed E-state index contributed by atoms with van der Waals surface area (Å²) < 4.78 is 31.1. The first-order valence-electron chi connectivity index (χ1n) is 10.6. The standard InChI is InChI=1S/C23H25N5O3S/c1-15-6-7-19-18(10-15)20(25-12-17-13-26-23(24)31-17)11-22(27-19)28-8-9-32(29,30)21-5-3-2-4-16(21)14-28/h2-7,10-11,17H,8-9,12-14H2,1H3,(H2,24,26)(H,25,27). The molecule has 0 aliphatic carbocycles. The summed E-state index contributed by atoms with van der Waals surface area (Å²) in [7, 11) is -3.33. The Bertz CT molecular complexity index is 1320. The molecule has 1 aromatic heterocycles. The molecule has 2 aromatic carbocycles. The minimum atomic E-state index is -3.33. The number of fused-ring (bicyclic) bond motifs is 2. The van der Waals surface area contributed by atoms with E-state index >= 15 is 0 Å². The summed E-state index contributed by atoms with van der Waals surface area (Å²) in [6.07, 6.45) is -0.123. The lowest BCUT2D eigenvalue weighted by Crippen LogP contribution is -2.27. The SMILES string of the molecule is Cc1ccc2nc(N3CCS(=O)(=O)c4ccccc4C3)cc(NCC3CN=C(N)O3)c2c1. The monoisotopic (exact) mass is 451 g/mol. The van der Waals surface area contributed by atoms with E-state index in [0.717, 1.165) is 33.5 Å². The summed E-state index contributed by atoms with van der Waals surface area (Å²) in [4.78, 5) is 11.4. The molecule has 0 radical (unpaired) electrons. The second-order valence-corrected chi connectivity index (χ2v) is 10.3. The summed E-state index contributed by atoms with van der Waals surface area (Å²) in [6.45, 7) is 3.97. The van der Waals surface area contributed by atoms with Crippen molar-refractivity contribution in [2.24, 2.45) is 10.7 Å². The average Bonchev–Trinajstić information content (AvgIpc) is 3.14. The van der Waals surface area contributed by atoms with Crippen molar-refractivity contribution in [3.63, 3.8) is 0 Å². The molecule has 0 fully saturated rings. The number of nitrogens with two attached hydrogens (primary N) is 1. The maximum atomic E-state index is 12.8. The van der Waals surface area contributed by atoms with Gasteiger partial charge in [-0.15, -0.1) is 0 Å². The summed E-state index contributed by atoms with van der Waals surface area (Å²) in [6, 6.07) is 15.5. The van der Waals surface area contributed by atoms with E-state index in [4.69, 9.17) is 15.5 Å². The third kappa shape index (κ3) is 3.95. The van der Waals surface area contributed by atoms with Crippen molar-refractivity contribution in [1.29, 1.82) is 0 Å². The zero-order valence-corrected chi connectivity index (χ0v) is 18.6. The number of benzene rings is 2. The van der Waals surface area contributed by atoms with Crippen molar-refractivity contribution >= 4 is 38.3 Å². The lowest BCUT2D eigenvalue weighted by Gasteiger charge is -2.23. The van der Waals surface area contributed by atoms with E-state index in [2.05, 4.69) is 16.4 Å². The largest absolute Gasteiger partial charge is 0.458 e. The van der Waals surface area contributed by atoms with Gasteiger partial charge >= 0.3 is 0 Å². The molecule has 0 amide bonds. The summed E-state index contributed by atoms with van der Waals surface area (Å²) in [5.74, 6) is 0.784. The molecule has 0 saturated heterocycles. The molecular weight excluding hydrogens is 426 g/mol. The number of pyridine rings is 1. The Morgan fingerprint density at radius 2 is 2.06 bits per heavy atom. The number of aliphatic imine (C=N–C) groups is 1. The second kappa shape index (κ2) is 7.98. The summed E-state index contributed by atoms with van der Waals surface area (Å²) >= 11 is 0. The topological polar surface area (TPSA) is 110 Å². The van der Waals surface area contributed by atoms with Crippen molar-refractivity contribution in [2.45, 2.75) is 24.5 Å². The Morgan fingerprint density at radius 3 is 2.88 bits per heavy atom. The van der Waals surface area contributed by atoms with E-state index in [1.54, 1.807) is 12.1 Å². The summed E-state index contributed by atoms with van der Waals surface area (Å²) in [5, 5.41) is 4.47. The average molecular weight is 452 g/mol. The molecule has 1 atom stereocenters. The van der Waals surface area contributed by atoms with Crippen LogP contribution in [0.5, 0.6) is 0 Å². The van der Waals surface area contributed by atoms with E-state index in [1.165, 1.54) is 0 Å². The van der Waals surface area contributed by atoms with E-state index < -0.39 is 9.84 Å². The van der Waals surface area contributed by atoms with Crippen molar-refractivity contribution in [1.82, 2.24) is 4.98 Å². The van der Waals surface area contributed by atoms with Crippen LogP contribution in [0, 0.1) is 6.92 Å². The van der Waals surface area contributed by atoms with Crippen LogP contribution in [0.4, 0.5) is 11.5 Å². The van der Waals surface area contributed by atoms with Crippen LogP contribution in [0.25, 0.3) is 10.9 Å². The van der Waals surface area contributed by atoms with Crippen LogP contribution in [-0.4, -0.2) is 50.9 Å². The van der Waals surface area contributed by atoms with Gasteiger partial charge in [0.25, 0.3) is 6.02 Å². The Morgan fingerprint density at radius 1 is 1.22 bits per heavy atom. The number of hydrogen-bond donors (Lipinski definition) is 2. The van der Waals surface area contributed by atoms with Crippen LogP contribution in [0.3, 0.4) is 0 Å². The van der Waals surface area contributed by atoms with Gasteiger partial charge in [-0.1, -0.05) is 29.8 Å². The smallest absolute Gasteiger partial charge is 0.282 e. The second-order valence-electron chi connectivity index (χ2n) is 8.20. The quantitative estimate of drug-likeness (QED) is 0.627. The Balaban J connectivity index is 1.51. The molecule has 0 spiro atoms. The highest BCUT2D eigenvalue weighted by molar-refractivity contribution is 7.91. The first-order chi connectivity index (χ1) is 15.4. The molecule has 9 heteroatoms. The molecule has 1 unspecified atom stereocenters. The fraction of sp³-hybridized carbons (Fsp3) is 0.304. The van der Waals surface area contributed by atoms with Crippen LogP contribution in [0.2, 0.25) is 0 Å². The van der Waals surface area contributed by atoms with Gasteiger partial charge in [0.15, 0.2) is 9.84 Å². The molecular formula is C23H25N5O3S. The van der Waals surface area contributed by atoms with Crippen molar-refractivity contribution in [2.75, 3.05) is 35.6 Å². The van der Waals surface area contributed by atoms with E-state index in [9.17, 15) is 8.42 Å². The lowest BCUT2D eigenvalue weighted by atomic mass is 10.1. The van der Waals surface area contributed by atoms with Gasteiger partial charge in [0.1, 0.15) is 11.9 Å². The predicted octanol–water partition coefficient (Wildman–Crippen LogP) is 2.46. The zero-order chi connectivity index (χ0) is 22.3. The normalized spacial score (nSPS) is 19.7. The molecule has 3 heterocycles. The maximum absolute atomic E-state index is 12.8. The highest BCUT2D eigenvalue weighted by Crippen LogP contribution is 2.31. The number of aryl methyl sites for hydroxylation is 1. The number of amidine groups is 1. The van der Waals surface area contributed by atoms with Crippen LogP contribution >= 0.6 is 0 Å². The minimum absolute atomic E-state index is 0.0485. The first-order valence-corrected chi connectivity index (χ1v) is 12.2. The fourth-order valence-electron chi connectivity index (χ4n) is 4.16. The number of anilines is 2. The number of hydrogen-bond acceptors (Lipinski definition) is 8. The first kappa shape index (κ1) is 20.6. The maximum Gasteiger partial charge on any atom is 0.282 e. The van der Waals surface area contributed by atoms with Gasteiger partial charge in [-0.2, -0.15) is 0 Å². The Labute approximate surface area is 187 Å². The molecule has 2 aliphatic heterocycles. The molecule has 0 bridgehead atoms. The van der Waals surface area contributed by atoms with Gasteiger partial charge in [0.05, 0.1) is 29.3 Å². The van der Waals surface area contributed by atoms with E-state index in [0.29, 0.717) is 31.1 Å². The summed E-state index contributed by atoms with van der Waals surface area (Å²) in [5.41, 5.74) is 9.33. The predicted molar refractivity (Wildman–Crippen MR) is 126 cm³/mol. The zero-order valence-electron chi connectivity index (χ0n) is 17.8. The van der Waals surface area contributed by atoms with Gasteiger partial charge in [-0.25, -0.2) is 18.4 Å². The molecule has 2 aliphatic rings. The highest BCUT2D eigenvalue weighted by atomic mass is 32.2. The van der Waals surface area contributed by atoms with Crippen LogP contribution < -0.4 is 16.0 Å². The van der Waals surface area contributed by atoms with Gasteiger partial charge in [-0.05, 0) is 30.7 Å². The molecule has 3 aromatic rings. The van der Waals surface area contributed by atoms with Gasteiger partial charge in [0.2, 0.25) is 0 Å². The highest BCUT2D eigenvalue weighted by Gasteiger charge is 2.26. The third-order valence-corrected chi connectivity index (χ3v) is 7.62. The van der Waals surface area contributed by atoms with Gasteiger partial charge < -0.3 is 20.7 Å². The number of sulfone groups is 1. The Kier molecular flexibility index (Phi) is 5.13. The number of nitrogens with one attached hydrogen (secondary N) is 1. The van der Waals surface area contributed by atoms with Crippen LogP contribution in [-0.2, 0) is 21.1 Å².